The minimum Gasteiger partial charge on any atom is -0.496 e. The number of benzene rings is 3. The summed E-state index contributed by atoms with van der Waals surface area (Å²) >= 11 is 12.5. The molecule has 4 rings (SSSR count). The first-order valence-electron chi connectivity index (χ1n) is 10.4. The van der Waals surface area contributed by atoms with Crippen molar-refractivity contribution < 1.29 is 13.9 Å². The number of aryl methyl sites for hydroxylation is 2. The summed E-state index contributed by atoms with van der Waals surface area (Å²) in [5, 5.41) is 4.91. The fraction of sp³-hybridized carbons (Fsp3) is 0.148. The van der Waals surface area contributed by atoms with Crippen molar-refractivity contribution in [2.24, 2.45) is 0 Å². The maximum absolute atomic E-state index is 12.7. The molecule has 4 nitrogen and oxygen atoms in total. The minimum absolute atomic E-state index is 0.213. The zero-order valence-electron chi connectivity index (χ0n) is 18.8. The van der Waals surface area contributed by atoms with Crippen molar-refractivity contribution in [3.63, 3.8) is 0 Å². The van der Waals surface area contributed by atoms with Crippen LogP contribution in [0.5, 0.6) is 5.75 Å². The molecule has 3 aromatic carbocycles. The smallest absolute Gasteiger partial charge is 0.248 e. The van der Waals surface area contributed by atoms with E-state index in [9.17, 15) is 4.79 Å². The molecule has 1 amide bonds. The predicted molar refractivity (Wildman–Crippen MR) is 136 cm³/mol. The molecule has 1 aromatic heterocycles. The van der Waals surface area contributed by atoms with Gasteiger partial charge in [0.15, 0.2) is 0 Å². The van der Waals surface area contributed by atoms with Gasteiger partial charge in [-0.25, -0.2) is 0 Å². The van der Waals surface area contributed by atoms with Gasteiger partial charge in [0.1, 0.15) is 11.3 Å². The molecular weight excluding hydrogens is 457 g/mol. The van der Waals surface area contributed by atoms with E-state index >= 15 is 0 Å². The molecule has 0 radical (unpaired) electrons. The second kappa shape index (κ2) is 9.34. The van der Waals surface area contributed by atoms with E-state index in [4.69, 9.17) is 32.4 Å². The van der Waals surface area contributed by atoms with E-state index in [1.165, 1.54) is 0 Å². The predicted octanol–water partition coefficient (Wildman–Crippen LogP) is 8.07. The van der Waals surface area contributed by atoms with Gasteiger partial charge in [0.25, 0.3) is 0 Å². The number of methoxy groups -OCH3 is 1. The molecule has 0 aliphatic carbocycles. The number of anilines is 1. The Morgan fingerprint density at radius 3 is 2.52 bits per heavy atom. The second-order valence-corrected chi connectivity index (χ2v) is 8.71. The minimum atomic E-state index is -0.213. The first-order valence-corrected chi connectivity index (χ1v) is 11.1. The molecule has 0 atom stereocenters. The highest BCUT2D eigenvalue weighted by molar-refractivity contribution is 6.36. The number of para-hydroxylation sites is 1. The standard InChI is InChI=1S/C27H23Cl2NO3/c1-15-7-5-6-8-24(15)30-25(31)11-16(2)20-13-21-22(19-10-9-18(28)12-23(19)29)14-33-27(21)17(3)26(20)32-4/h5-14H,1-4H3,(H,30,31)/b16-11+. The molecule has 0 saturated carbocycles. The number of nitrogens with one attached hydrogen (secondary N) is 1. The fourth-order valence-electron chi connectivity index (χ4n) is 3.94. The van der Waals surface area contributed by atoms with Gasteiger partial charge in [0, 0.05) is 44.4 Å². The van der Waals surface area contributed by atoms with Crippen molar-refractivity contribution in [1.29, 1.82) is 0 Å². The number of fused-ring (bicyclic) bond motifs is 1. The lowest BCUT2D eigenvalue weighted by atomic mass is 9.96. The van der Waals surface area contributed by atoms with Crippen LogP contribution in [0.4, 0.5) is 5.69 Å². The summed E-state index contributed by atoms with van der Waals surface area (Å²) in [7, 11) is 1.61. The topological polar surface area (TPSA) is 51.5 Å². The zero-order chi connectivity index (χ0) is 23.7. The Bertz CT molecular complexity index is 1400. The summed E-state index contributed by atoms with van der Waals surface area (Å²) in [5.74, 6) is 0.442. The third kappa shape index (κ3) is 4.50. The number of hydrogen-bond acceptors (Lipinski definition) is 3. The van der Waals surface area contributed by atoms with Crippen LogP contribution in [-0.4, -0.2) is 13.0 Å². The van der Waals surface area contributed by atoms with Gasteiger partial charge in [-0.05, 0) is 56.2 Å². The van der Waals surface area contributed by atoms with E-state index in [1.807, 2.05) is 57.2 Å². The Hall–Kier alpha value is -3.21. The van der Waals surface area contributed by atoms with Crippen LogP contribution < -0.4 is 10.1 Å². The Balaban J connectivity index is 1.80. The molecule has 4 aromatic rings. The van der Waals surface area contributed by atoms with Crippen molar-refractivity contribution in [3.8, 4) is 16.9 Å². The number of ether oxygens (including phenoxy) is 1. The van der Waals surface area contributed by atoms with E-state index in [0.717, 1.165) is 44.5 Å². The molecule has 6 heteroatoms. The van der Waals surface area contributed by atoms with Crippen molar-refractivity contribution in [3.05, 3.63) is 87.6 Å². The van der Waals surface area contributed by atoms with Crippen LogP contribution in [0, 0.1) is 13.8 Å². The van der Waals surface area contributed by atoms with E-state index in [1.54, 1.807) is 31.6 Å². The van der Waals surface area contributed by atoms with Crippen molar-refractivity contribution in [1.82, 2.24) is 0 Å². The molecular formula is C27H23Cl2NO3. The maximum atomic E-state index is 12.7. The normalized spacial score (nSPS) is 11.6. The van der Waals surface area contributed by atoms with Crippen molar-refractivity contribution >= 4 is 51.3 Å². The number of carbonyl (C=O) groups is 1. The number of halogens is 2. The van der Waals surface area contributed by atoms with Crippen LogP contribution in [0.3, 0.4) is 0 Å². The first kappa shape index (κ1) is 23.0. The third-order valence-corrected chi connectivity index (χ3v) is 6.19. The second-order valence-electron chi connectivity index (χ2n) is 7.86. The number of hydrogen-bond donors (Lipinski definition) is 1. The summed E-state index contributed by atoms with van der Waals surface area (Å²) in [5.41, 5.74) is 6.54. The Kier molecular flexibility index (Phi) is 6.50. The molecule has 0 bridgehead atoms. The summed E-state index contributed by atoms with van der Waals surface area (Å²) < 4.78 is 11.6. The number of rotatable bonds is 5. The fourth-order valence-corrected chi connectivity index (χ4v) is 4.45. The molecule has 0 aliphatic heterocycles. The van der Waals surface area contributed by atoms with Gasteiger partial charge in [0.2, 0.25) is 5.91 Å². The summed E-state index contributed by atoms with van der Waals surface area (Å²) in [4.78, 5) is 12.7. The lowest BCUT2D eigenvalue weighted by molar-refractivity contribution is -0.111. The Morgan fingerprint density at radius 1 is 1.06 bits per heavy atom. The molecule has 0 saturated heterocycles. The lowest BCUT2D eigenvalue weighted by Gasteiger charge is -2.14. The van der Waals surface area contributed by atoms with Crippen LogP contribution in [0.2, 0.25) is 10.0 Å². The van der Waals surface area contributed by atoms with Crippen molar-refractivity contribution in [2.45, 2.75) is 20.8 Å². The molecule has 0 fully saturated rings. The van der Waals surface area contributed by atoms with Crippen LogP contribution in [0.15, 0.2) is 65.3 Å². The van der Waals surface area contributed by atoms with Gasteiger partial charge in [-0.3, -0.25) is 4.79 Å². The molecule has 0 spiro atoms. The van der Waals surface area contributed by atoms with E-state index < -0.39 is 0 Å². The Morgan fingerprint density at radius 2 is 1.82 bits per heavy atom. The highest BCUT2D eigenvalue weighted by atomic mass is 35.5. The van der Waals surface area contributed by atoms with E-state index in [-0.39, 0.29) is 5.91 Å². The molecule has 0 unspecified atom stereocenters. The number of carbonyl (C=O) groups excluding carboxylic acids is 1. The molecule has 168 valence electrons. The summed E-state index contributed by atoms with van der Waals surface area (Å²) in [6.45, 7) is 5.77. The summed E-state index contributed by atoms with van der Waals surface area (Å²) in [6.07, 6.45) is 3.25. The van der Waals surface area contributed by atoms with E-state index in [2.05, 4.69) is 5.32 Å². The van der Waals surface area contributed by atoms with Gasteiger partial charge >= 0.3 is 0 Å². The summed E-state index contributed by atoms with van der Waals surface area (Å²) in [6, 6.07) is 15.0. The van der Waals surface area contributed by atoms with Crippen LogP contribution in [0.1, 0.15) is 23.6 Å². The lowest BCUT2D eigenvalue weighted by Crippen LogP contribution is -2.09. The molecule has 0 aliphatic rings. The molecule has 1 N–H and O–H groups in total. The average Bonchev–Trinajstić information content (AvgIpc) is 3.19. The largest absolute Gasteiger partial charge is 0.496 e. The van der Waals surface area contributed by atoms with Crippen LogP contribution in [0.25, 0.3) is 27.7 Å². The van der Waals surface area contributed by atoms with Crippen LogP contribution >= 0.6 is 23.2 Å². The van der Waals surface area contributed by atoms with Crippen LogP contribution in [-0.2, 0) is 4.79 Å². The first-order chi connectivity index (χ1) is 15.8. The van der Waals surface area contributed by atoms with Gasteiger partial charge in [0.05, 0.1) is 18.4 Å². The number of allylic oxidation sites excluding steroid dienone is 1. The van der Waals surface area contributed by atoms with Crippen molar-refractivity contribution in [2.75, 3.05) is 12.4 Å². The average molecular weight is 480 g/mol. The highest BCUT2D eigenvalue weighted by Crippen LogP contribution is 2.42. The Labute approximate surface area is 202 Å². The van der Waals surface area contributed by atoms with Gasteiger partial charge < -0.3 is 14.5 Å². The van der Waals surface area contributed by atoms with Gasteiger partial charge in [-0.2, -0.15) is 0 Å². The monoisotopic (exact) mass is 479 g/mol. The number of amides is 1. The van der Waals surface area contributed by atoms with E-state index in [0.29, 0.717) is 21.4 Å². The molecule has 1 heterocycles. The van der Waals surface area contributed by atoms with Gasteiger partial charge in [-0.1, -0.05) is 47.5 Å². The molecule has 33 heavy (non-hydrogen) atoms. The zero-order valence-corrected chi connectivity index (χ0v) is 20.3. The van der Waals surface area contributed by atoms with Gasteiger partial charge in [-0.15, -0.1) is 0 Å². The SMILES string of the molecule is COc1c(/C(C)=C/C(=O)Nc2ccccc2C)cc2c(-c3ccc(Cl)cc3Cl)coc2c1C. The number of furan rings is 1. The maximum Gasteiger partial charge on any atom is 0.248 e. The quantitative estimate of drug-likeness (QED) is 0.294. The third-order valence-electron chi connectivity index (χ3n) is 5.64. The highest BCUT2D eigenvalue weighted by Gasteiger charge is 2.20.